The molecule has 0 aliphatic carbocycles. The van der Waals surface area contributed by atoms with Crippen molar-refractivity contribution in [1.29, 1.82) is 0 Å². The van der Waals surface area contributed by atoms with Gasteiger partial charge in [0.15, 0.2) is 0 Å². The van der Waals surface area contributed by atoms with Crippen molar-refractivity contribution in [3.8, 4) is 0 Å². The van der Waals surface area contributed by atoms with E-state index in [4.69, 9.17) is 0 Å². The largest absolute Gasteiger partial charge is 0.396 e. The molecule has 0 bridgehead atoms. The first-order chi connectivity index (χ1) is 9.61. The van der Waals surface area contributed by atoms with Crippen LogP contribution in [0.2, 0.25) is 0 Å². The predicted molar refractivity (Wildman–Crippen MR) is 82.1 cm³/mol. The molecule has 0 spiro atoms. The van der Waals surface area contributed by atoms with Crippen molar-refractivity contribution in [2.45, 2.75) is 26.3 Å². The minimum absolute atomic E-state index is 0.0431. The maximum absolute atomic E-state index is 12.4. The summed E-state index contributed by atoms with van der Waals surface area (Å²) in [6.07, 6.45) is 0.512. The van der Waals surface area contributed by atoms with Crippen LogP contribution in [0.25, 0.3) is 0 Å². The molecule has 4 heteroatoms. The summed E-state index contributed by atoms with van der Waals surface area (Å²) in [7, 11) is 0. The predicted octanol–water partition coefficient (Wildman–Crippen LogP) is 3.22. The zero-order valence-electron chi connectivity index (χ0n) is 11.7. The first-order valence-corrected chi connectivity index (χ1v) is 7.47. The van der Waals surface area contributed by atoms with E-state index in [-0.39, 0.29) is 18.6 Å². The van der Waals surface area contributed by atoms with Crippen LogP contribution in [0.1, 0.15) is 38.1 Å². The van der Waals surface area contributed by atoms with Crippen molar-refractivity contribution >= 4 is 17.2 Å². The van der Waals surface area contributed by atoms with Gasteiger partial charge in [-0.25, -0.2) is 0 Å². The zero-order valence-corrected chi connectivity index (χ0v) is 12.5. The average Bonchev–Trinajstić information content (AvgIpc) is 2.78. The molecule has 1 aromatic carbocycles. The number of hydrogen-bond donors (Lipinski definition) is 2. The second-order valence-corrected chi connectivity index (χ2v) is 6.24. The number of aliphatic hydroxyl groups excluding tert-OH is 1. The number of thiophene rings is 1. The monoisotopic (exact) mass is 289 g/mol. The van der Waals surface area contributed by atoms with Gasteiger partial charge in [-0.2, -0.15) is 0 Å². The molecule has 0 aliphatic heterocycles. The third-order valence-electron chi connectivity index (χ3n) is 3.21. The SMILES string of the molecule is Cc1cc(C(=O)NC(CCO)c2ccccc2)c(C)s1. The Bertz CT molecular complexity index is 577. The topological polar surface area (TPSA) is 49.3 Å². The van der Waals surface area contributed by atoms with E-state index in [0.717, 1.165) is 20.9 Å². The summed E-state index contributed by atoms with van der Waals surface area (Å²) in [5.41, 5.74) is 1.74. The Labute approximate surface area is 123 Å². The third kappa shape index (κ3) is 3.46. The number of nitrogens with one attached hydrogen (secondary N) is 1. The molecule has 106 valence electrons. The molecule has 3 nitrogen and oxygen atoms in total. The lowest BCUT2D eigenvalue weighted by Crippen LogP contribution is -2.29. The minimum atomic E-state index is -0.159. The van der Waals surface area contributed by atoms with E-state index in [9.17, 15) is 9.90 Å². The van der Waals surface area contributed by atoms with E-state index in [0.29, 0.717) is 6.42 Å². The molecule has 1 amide bonds. The molecule has 20 heavy (non-hydrogen) atoms. The van der Waals surface area contributed by atoms with Crippen molar-refractivity contribution in [3.05, 3.63) is 57.3 Å². The minimum Gasteiger partial charge on any atom is -0.396 e. The Morgan fingerprint density at radius 2 is 2.00 bits per heavy atom. The summed E-state index contributed by atoms with van der Waals surface area (Å²) in [6.45, 7) is 3.99. The van der Waals surface area contributed by atoms with E-state index in [1.54, 1.807) is 11.3 Å². The molecular formula is C16H19NO2S. The van der Waals surface area contributed by atoms with E-state index in [1.807, 2.05) is 50.2 Å². The summed E-state index contributed by atoms with van der Waals surface area (Å²) in [4.78, 5) is 14.5. The van der Waals surface area contributed by atoms with Crippen LogP contribution in [0.5, 0.6) is 0 Å². The maximum Gasteiger partial charge on any atom is 0.252 e. The van der Waals surface area contributed by atoms with Gasteiger partial charge >= 0.3 is 0 Å². The lowest BCUT2D eigenvalue weighted by molar-refractivity contribution is 0.0930. The molecule has 2 rings (SSSR count). The van der Waals surface area contributed by atoms with Crippen molar-refractivity contribution in [2.75, 3.05) is 6.61 Å². The van der Waals surface area contributed by atoms with Crippen LogP contribution in [0.4, 0.5) is 0 Å². The molecule has 2 N–H and O–H groups in total. The fourth-order valence-corrected chi connectivity index (χ4v) is 3.15. The number of amides is 1. The molecule has 1 aromatic heterocycles. The van der Waals surface area contributed by atoms with Crippen LogP contribution in [-0.2, 0) is 0 Å². The van der Waals surface area contributed by atoms with Crippen LogP contribution >= 0.6 is 11.3 Å². The highest BCUT2D eigenvalue weighted by Gasteiger charge is 2.17. The summed E-state index contributed by atoms with van der Waals surface area (Å²) in [5.74, 6) is -0.0749. The van der Waals surface area contributed by atoms with Crippen LogP contribution < -0.4 is 5.32 Å². The molecule has 1 atom stereocenters. The molecule has 0 saturated heterocycles. The fraction of sp³-hybridized carbons (Fsp3) is 0.312. The Morgan fingerprint density at radius 3 is 2.55 bits per heavy atom. The molecule has 0 radical (unpaired) electrons. The summed E-state index contributed by atoms with van der Waals surface area (Å²) in [5, 5.41) is 12.2. The number of rotatable bonds is 5. The van der Waals surface area contributed by atoms with Crippen LogP contribution in [0, 0.1) is 13.8 Å². The van der Waals surface area contributed by atoms with Gasteiger partial charge in [-0.15, -0.1) is 11.3 Å². The highest BCUT2D eigenvalue weighted by molar-refractivity contribution is 7.12. The number of aliphatic hydroxyl groups is 1. The van der Waals surface area contributed by atoms with E-state index in [2.05, 4.69) is 5.32 Å². The van der Waals surface area contributed by atoms with E-state index < -0.39 is 0 Å². The van der Waals surface area contributed by atoms with E-state index in [1.165, 1.54) is 0 Å². The molecular weight excluding hydrogens is 270 g/mol. The lowest BCUT2D eigenvalue weighted by atomic mass is 10.0. The molecule has 1 unspecified atom stereocenters. The van der Waals surface area contributed by atoms with Gasteiger partial charge in [0.25, 0.3) is 5.91 Å². The van der Waals surface area contributed by atoms with Crippen LogP contribution in [0.3, 0.4) is 0 Å². The Kier molecular flexibility index (Phi) is 4.93. The molecule has 0 aliphatic rings. The second-order valence-electron chi connectivity index (χ2n) is 4.78. The van der Waals surface area contributed by atoms with Gasteiger partial charge in [0, 0.05) is 16.4 Å². The first kappa shape index (κ1) is 14.8. The molecule has 2 aromatic rings. The molecule has 1 heterocycles. The number of benzene rings is 1. The fourth-order valence-electron chi connectivity index (χ4n) is 2.23. The van der Waals surface area contributed by atoms with Crippen molar-refractivity contribution < 1.29 is 9.90 Å². The molecule has 0 fully saturated rings. The lowest BCUT2D eigenvalue weighted by Gasteiger charge is -2.18. The van der Waals surface area contributed by atoms with Gasteiger partial charge in [-0.05, 0) is 31.9 Å². The van der Waals surface area contributed by atoms with Gasteiger partial charge in [-0.3, -0.25) is 4.79 Å². The number of carbonyl (C=O) groups excluding carboxylic acids is 1. The summed E-state index contributed by atoms with van der Waals surface area (Å²) < 4.78 is 0. The number of carbonyl (C=O) groups is 1. The number of aryl methyl sites for hydroxylation is 2. The first-order valence-electron chi connectivity index (χ1n) is 6.65. The third-order valence-corrected chi connectivity index (χ3v) is 4.18. The van der Waals surface area contributed by atoms with Crippen LogP contribution in [0.15, 0.2) is 36.4 Å². The van der Waals surface area contributed by atoms with Gasteiger partial charge in [0.1, 0.15) is 0 Å². The quantitative estimate of drug-likeness (QED) is 0.888. The Morgan fingerprint density at radius 1 is 1.30 bits per heavy atom. The summed E-state index contributed by atoms with van der Waals surface area (Å²) >= 11 is 1.62. The van der Waals surface area contributed by atoms with Crippen molar-refractivity contribution in [1.82, 2.24) is 5.32 Å². The Hall–Kier alpha value is -1.65. The van der Waals surface area contributed by atoms with Crippen molar-refractivity contribution in [2.24, 2.45) is 0 Å². The van der Waals surface area contributed by atoms with Gasteiger partial charge in [-0.1, -0.05) is 30.3 Å². The smallest absolute Gasteiger partial charge is 0.252 e. The standard InChI is InChI=1S/C16H19NO2S/c1-11-10-14(12(2)20-11)16(19)17-15(8-9-18)13-6-4-3-5-7-13/h3-7,10,15,18H,8-9H2,1-2H3,(H,17,19). The maximum atomic E-state index is 12.4. The van der Waals surface area contributed by atoms with Gasteiger partial charge in [0.2, 0.25) is 0 Å². The van der Waals surface area contributed by atoms with Crippen molar-refractivity contribution in [3.63, 3.8) is 0 Å². The number of hydrogen-bond acceptors (Lipinski definition) is 3. The normalized spacial score (nSPS) is 12.2. The molecule has 0 saturated carbocycles. The average molecular weight is 289 g/mol. The summed E-state index contributed by atoms with van der Waals surface area (Å²) in [6, 6.07) is 11.5. The highest BCUT2D eigenvalue weighted by atomic mass is 32.1. The highest BCUT2D eigenvalue weighted by Crippen LogP contribution is 2.22. The second kappa shape index (κ2) is 6.68. The van der Waals surface area contributed by atoms with E-state index >= 15 is 0 Å². The Balaban J connectivity index is 2.16. The van der Waals surface area contributed by atoms with Gasteiger partial charge < -0.3 is 10.4 Å². The zero-order chi connectivity index (χ0) is 14.5. The van der Waals surface area contributed by atoms with Crippen LogP contribution in [-0.4, -0.2) is 17.6 Å². The van der Waals surface area contributed by atoms with Gasteiger partial charge in [0.05, 0.1) is 11.6 Å².